The van der Waals surface area contributed by atoms with Crippen LogP contribution >= 0.6 is 0 Å². The average Bonchev–Trinajstić information content (AvgIpc) is 2.56. The molecule has 0 amide bonds. The second-order valence-electron chi connectivity index (χ2n) is 4.23. The quantitative estimate of drug-likeness (QED) is 0.216. The van der Waals surface area contributed by atoms with Gasteiger partial charge in [0.05, 0.1) is 4.90 Å². The molecule has 0 saturated heterocycles. The molecular formula is C14H13N5O2S. The molecule has 0 N–H and O–H groups in total. The van der Waals surface area contributed by atoms with Gasteiger partial charge in [0.25, 0.3) is 10.0 Å². The molecule has 2 aromatic carbocycles. The fourth-order valence-corrected chi connectivity index (χ4v) is 2.69. The molecule has 2 aromatic rings. The smallest absolute Gasteiger partial charge is 0.200 e. The lowest BCUT2D eigenvalue weighted by Gasteiger charge is -2.14. The van der Waals surface area contributed by atoms with Gasteiger partial charge in [-0.15, -0.1) is 0 Å². The molecule has 7 nitrogen and oxygen atoms in total. The summed E-state index contributed by atoms with van der Waals surface area (Å²) in [6.07, 6.45) is 0. The first-order valence-electron chi connectivity index (χ1n) is 6.29. The predicted molar refractivity (Wildman–Crippen MR) is 83.5 cm³/mol. The molecule has 0 heterocycles. The minimum absolute atomic E-state index is 0.0230. The zero-order chi connectivity index (χ0) is 16.0. The van der Waals surface area contributed by atoms with Crippen molar-refractivity contribution in [2.24, 2.45) is 10.2 Å². The van der Waals surface area contributed by atoms with Crippen LogP contribution < -0.4 is 0 Å². The number of nitrogens with zero attached hydrogens (tertiary/aromatic N) is 5. The van der Waals surface area contributed by atoms with E-state index in [0.29, 0.717) is 5.56 Å². The highest BCUT2D eigenvalue weighted by atomic mass is 32.2. The molecule has 112 valence electrons. The van der Waals surface area contributed by atoms with E-state index in [1.54, 1.807) is 48.5 Å². The molecular weight excluding hydrogens is 302 g/mol. The topological polar surface area (TPSA) is 98.5 Å². The van der Waals surface area contributed by atoms with Crippen LogP contribution in [0.25, 0.3) is 10.4 Å². The van der Waals surface area contributed by atoms with Crippen molar-refractivity contribution in [1.29, 1.82) is 0 Å². The summed E-state index contributed by atoms with van der Waals surface area (Å²) >= 11 is 0. The Kier molecular flexibility index (Phi) is 4.77. The zero-order valence-electron chi connectivity index (χ0n) is 11.7. The molecule has 0 atom stereocenters. The van der Waals surface area contributed by atoms with Crippen molar-refractivity contribution in [1.82, 2.24) is 4.41 Å². The van der Waals surface area contributed by atoms with Gasteiger partial charge in [-0.3, -0.25) is 0 Å². The molecule has 8 heteroatoms. The SMILES string of the molecule is CN(/N=C(\N=[N+]=[N-])c1ccccc1)S(=O)(=O)c1ccccc1. The van der Waals surface area contributed by atoms with Crippen LogP contribution in [0.4, 0.5) is 0 Å². The number of hydrazone groups is 1. The van der Waals surface area contributed by atoms with E-state index in [0.717, 1.165) is 4.41 Å². The summed E-state index contributed by atoms with van der Waals surface area (Å²) in [7, 11) is -2.51. The molecule has 0 fully saturated rings. The lowest BCUT2D eigenvalue weighted by atomic mass is 10.2. The fourth-order valence-electron chi connectivity index (χ4n) is 1.70. The van der Waals surface area contributed by atoms with Crippen LogP contribution in [0.5, 0.6) is 0 Å². The van der Waals surface area contributed by atoms with Crippen molar-refractivity contribution in [3.8, 4) is 0 Å². The van der Waals surface area contributed by atoms with E-state index < -0.39 is 10.0 Å². The Morgan fingerprint density at radius 3 is 2.14 bits per heavy atom. The van der Waals surface area contributed by atoms with Crippen molar-refractivity contribution < 1.29 is 8.42 Å². The lowest BCUT2D eigenvalue weighted by Crippen LogP contribution is -2.23. The van der Waals surface area contributed by atoms with Crippen LogP contribution in [0.2, 0.25) is 0 Å². The van der Waals surface area contributed by atoms with E-state index in [2.05, 4.69) is 15.1 Å². The molecule has 0 bridgehead atoms. The third kappa shape index (κ3) is 3.43. The van der Waals surface area contributed by atoms with Crippen LogP contribution in [-0.4, -0.2) is 25.7 Å². The molecule has 0 aliphatic rings. The van der Waals surface area contributed by atoms with Gasteiger partial charge < -0.3 is 0 Å². The number of rotatable bonds is 4. The van der Waals surface area contributed by atoms with Crippen LogP contribution in [0.3, 0.4) is 0 Å². The molecule has 0 spiro atoms. The Morgan fingerprint density at radius 1 is 1.05 bits per heavy atom. The molecule has 0 radical (unpaired) electrons. The van der Waals surface area contributed by atoms with Gasteiger partial charge in [0.1, 0.15) is 0 Å². The van der Waals surface area contributed by atoms with Gasteiger partial charge in [0.2, 0.25) is 0 Å². The van der Waals surface area contributed by atoms with Crippen molar-refractivity contribution in [3.05, 3.63) is 76.7 Å². The number of sulfonamides is 1. The normalized spacial score (nSPS) is 11.6. The fraction of sp³-hybridized carbons (Fsp3) is 0.0714. The summed E-state index contributed by atoms with van der Waals surface area (Å²) in [5.41, 5.74) is 9.16. The highest BCUT2D eigenvalue weighted by molar-refractivity contribution is 7.89. The van der Waals surface area contributed by atoms with Crippen molar-refractivity contribution in [3.63, 3.8) is 0 Å². The predicted octanol–water partition coefficient (Wildman–Crippen LogP) is 2.98. The molecule has 2 rings (SSSR count). The van der Waals surface area contributed by atoms with E-state index in [4.69, 9.17) is 5.53 Å². The first-order valence-corrected chi connectivity index (χ1v) is 7.73. The molecule has 0 aliphatic carbocycles. The minimum Gasteiger partial charge on any atom is -0.200 e. The van der Waals surface area contributed by atoms with E-state index in [-0.39, 0.29) is 10.7 Å². The van der Waals surface area contributed by atoms with Gasteiger partial charge in [0.15, 0.2) is 5.84 Å². The first kappa shape index (κ1) is 15.6. The Hall–Kier alpha value is -2.83. The van der Waals surface area contributed by atoms with E-state index in [1.807, 2.05) is 0 Å². The Bertz CT molecular complexity index is 813. The summed E-state index contributed by atoms with van der Waals surface area (Å²) in [5.74, 6) is -0.0230. The van der Waals surface area contributed by atoms with E-state index in [1.165, 1.54) is 19.2 Å². The Balaban J connectivity index is 2.43. The molecule has 0 saturated carbocycles. The van der Waals surface area contributed by atoms with Crippen LogP contribution in [-0.2, 0) is 10.0 Å². The van der Waals surface area contributed by atoms with Crippen molar-refractivity contribution in [2.45, 2.75) is 4.90 Å². The Morgan fingerprint density at radius 2 is 1.59 bits per heavy atom. The molecule has 0 aromatic heterocycles. The maximum absolute atomic E-state index is 12.4. The molecule has 22 heavy (non-hydrogen) atoms. The van der Waals surface area contributed by atoms with Crippen molar-refractivity contribution in [2.75, 3.05) is 7.05 Å². The van der Waals surface area contributed by atoms with Gasteiger partial charge in [0, 0.05) is 17.5 Å². The van der Waals surface area contributed by atoms with Crippen LogP contribution in [0.1, 0.15) is 5.56 Å². The number of hydrogen-bond donors (Lipinski definition) is 0. The first-order chi connectivity index (χ1) is 10.6. The van der Waals surface area contributed by atoms with E-state index in [9.17, 15) is 8.42 Å². The van der Waals surface area contributed by atoms with Crippen LogP contribution in [0.15, 0.2) is 75.8 Å². The molecule has 0 unspecified atom stereocenters. The third-order valence-corrected chi connectivity index (χ3v) is 4.44. The number of azide groups is 1. The standard InChI is InChI=1S/C14H13N5O2S/c1-19(22(20,21)13-10-6-3-7-11-13)17-14(16-18-15)12-8-4-2-5-9-12/h2-11H,1H3/b17-14-. The van der Waals surface area contributed by atoms with Gasteiger partial charge in [-0.1, -0.05) is 48.5 Å². The highest BCUT2D eigenvalue weighted by Crippen LogP contribution is 2.15. The number of hydrogen-bond acceptors (Lipinski definition) is 3. The average molecular weight is 315 g/mol. The zero-order valence-corrected chi connectivity index (χ0v) is 12.6. The summed E-state index contributed by atoms with van der Waals surface area (Å²) < 4.78 is 25.6. The number of benzene rings is 2. The number of amidine groups is 1. The van der Waals surface area contributed by atoms with Crippen LogP contribution in [0, 0.1) is 0 Å². The van der Waals surface area contributed by atoms with Gasteiger partial charge in [-0.25, -0.2) is 0 Å². The second kappa shape index (κ2) is 6.75. The highest BCUT2D eigenvalue weighted by Gasteiger charge is 2.19. The minimum atomic E-state index is -3.80. The van der Waals surface area contributed by atoms with E-state index >= 15 is 0 Å². The summed E-state index contributed by atoms with van der Waals surface area (Å²) in [6.45, 7) is 0. The van der Waals surface area contributed by atoms with Gasteiger partial charge in [-0.05, 0) is 22.8 Å². The summed E-state index contributed by atoms with van der Waals surface area (Å²) in [4.78, 5) is 2.80. The second-order valence-corrected chi connectivity index (χ2v) is 6.18. The van der Waals surface area contributed by atoms with Crippen molar-refractivity contribution >= 4 is 15.9 Å². The third-order valence-electron chi connectivity index (χ3n) is 2.80. The lowest BCUT2D eigenvalue weighted by molar-refractivity contribution is 0.489. The largest absolute Gasteiger partial charge is 0.278 e. The summed E-state index contributed by atoms with van der Waals surface area (Å²) in [6, 6.07) is 16.5. The van der Waals surface area contributed by atoms with Gasteiger partial charge >= 0.3 is 0 Å². The molecule has 0 aliphatic heterocycles. The Labute approximate surface area is 128 Å². The maximum atomic E-state index is 12.4. The van der Waals surface area contributed by atoms with Gasteiger partial charge in [-0.2, -0.15) is 17.9 Å². The monoisotopic (exact) mass is 315 g/mol. The maximum Gasteiger partial charge on any atom is 0.278 e. The summed E-state index contributed by atoms with van der Waals surface area (Å²) in [5, 5.41) is 7.39.